The first-order valence-corrected chi connectivity index (χ1v) is 11.1. The van der Waals surface area contributed by atoms with E-state index >= 15 is 0 Å². The Hall–Kier alpha value is -3.30. The fourth-order valence-corrected chi connectivity index (χ4v) is 3.75. The number of aromatic nitrogens is 2. The smallest absolute Gasteiger partial charge is 0.475 e. The number of pyridine rings is 2. The maximum Gasteiger partial charge on any atom is 0.490 e. The van der Waals surface area contributed by atoms with Crippen LogP contribution in [0.3, 0.4) is 0 Å². The highest BCUT2D eigenvalue weighted by Gasteiger charge is 2.43. The number of hydrogen-bond donors (Lipinski definition) is 2. The lowest BCUT2D eigenvalue weighted by molar-refractivity contribution is -0.193. The van der Waals surface area contributed by atoms with Crippen molar-refractivity contribution in [1.29, 1.82) is 0 Å². The highest BCUT2D eigenvalue weighted by molar-refractivity contribution is 5.73. The fraction of sp³-hybridized carbons (Fsp3) is 0.478. The van der Waals surface area contributed by atoms with Gasteiger partial charge in [0.05, 0.1) is 31.1 Å². The Bertz CT molecular complexity index is 986. The number of alkyl halides is 6. The summed E-state index contributed by atoms with van der Waals surface area (Å²) in [6.07, 6.45) is -2.16. The second-order valence-electron chi connectivity index (χ2n) is 8.08. The van der Waals surface area contributed by atoms with Gasteiger partial charge < -0.3 is 19.7 Å². The number of carboxylic acid groups (broad SMARTS) is 2. The summed E-state index contributed by atoms with van der Waals surface area (Å²) in [5, 5.41) is 14.2. The molecule has 4 rings (SSSR count). The molecule has 2 aromatic rings. The zero-order valence-corrected chi connectivity index (χ0v) is 19.7. The summed E-state index contributed by atoms with van der Waals surface area (Å²) < 4.78 is 75.7. The molecule has 0 amide bonds. The van der Waals surface area contributed by atoms with Crippen molar-refractivity contribution in [1.82, 2.24) is 14.9 Å². The molecule has 38 heavy (non-hydrogen) atoms. The van der Waals surface area contributed by atoms with E-state index in [1.165, 1.54) is 0 Å². The molecule has 1 saturated carbocycles. The number of carbonyl (C=O) groups is 2. The molecular weight excluding hydrogens is 528 g/mol. The van der Waals surface area contributed by atoms with Crippen LogP contribution in [0.15, 0.2) is 48.9 Å². The van der Waals surface area contributed by atoms with Crippen molar-refractivity contribution in [2.75, 3.05) is 13.2 Å². The molecule has 3 atom stereocenters. The van der Waals surface area contributed by atoms with Crippen molar-refractivity contribution >= 4 is 11.9 Å². The zero-order valence-electron chi connectivity index (χ0n) is 19.7. The van der Waals surface area contributed by atoms with Crippen molar-refractivity contribution in [3.8, 4) is 0 Å². The Kier molecular flexibility index (Phi) is 11.4. The quantitative estimate of drug-likeness (QED) is 0.534. The van der Waals surface area contributed by atoms with Crippen LogP contribution in [0.5, 0.6) is 0 Å². The van der Waals surface area contributed by atoms with Gasteiger partial charge in [-0.15, -0.1) is 0 Å². The largest absolute Gasteiger partial charge is 0.490 e. The number of rotatable bonds is 5. The Balaban J connectivity index is 0.000000301. The average Bonchev–Trinajstić information content (AvgIpc) is 3.28. The number of carboxylic acids is 2. The molecule has 0 aromatic carbocycles. The topological polar surface area (TPSA) is 122 Å². The standard InChI is InChI=1S/C19H23N3O2.2C2HF3O2/c1-2-8-21-16(3-1)13-22-11-12-23-19-17(22)4-5-18(19)24-14-15-6-9-20-10-7-15;2*3-2(4,5)1(6)7/h1-3,6-10,17-19H,4-5,11-14H2;2*(H,6,7)/t17-,18-,19+;;/m0../s1. The minimum Gasteiger partial charge on any atom is -0.475 e. The van der Waals surface area contributed by atoms with E-state index in [-0.39, 0.29) is 12.2 Å². The summed E-state index contributed by atoms with van der Waals surface area (Å²) >= 11 is 0. The number of ether oxygens (including phenoxy) is 2. The van der Waals surface area contributed by atoms with Crippen LogP contribution in [0.4, 0.5) is 26.3 Å². The lowest BCUT2D eigenvalue weighted by Crippen LogP contribution is -2.51. The van der Waals surface area contributed by atoms with Gasteiger partial charge in [-0.25, -0.2) is 9.59 Å². The van der Waals surface area contributed by atoms with Crippen molar-refractivity contribution in [3.05, 3.63) is 60.2 Å². The van der Waals surface area contributed by atoms with Crippen LogP contribution in [0, 0.1) is 0 Å². The molecule has 9 nitrogen and oxygen atoms in total. The van der Waals surface area contributed by atoms with Gasteiger partial charge in [0.25, 0.3) is 0 Å². The average molecular weight is 553 g/mol. The summed E-state index contributed by atoms with van der Waals surface area (Å²) in [4.78, 5) is 28.8. The van der Waals surface area contributed by atoms with Crippen LogP contribution < -0.4 is 0 Å². The highest BCUT2D eigenvalue weighted by atomic mass is 19.4. The lowest BCUT2D eigenvalue weighted by atomic mass is 10.1. The minimum atomic E-state index is -5.08. The van der Waals surface area contributed by atoms with Crippen LogP contribution in [0.1, 0.15) is 24.1 Å². The van der Waals surface area contributed by atoms with Crippen LogP contribution in [-0.4, -0.2) is 80.8 Å². The SMILES string of the molecule is O=C(O)C(F)(F)F.O=C(O)C(F)(F)F.c1ccc(CN2CCO[C@H]3[C@@H](OCc4ccncc4)CC[C@@H]32)nc1. The normalized spacial score (nSPS) is 21.3. The molecule has 1 aliphatic carbocycles. The zero-order chi connectivity index (χ0) is 28.3. The van der Waals surface area contributed by atoms with Crippen LogP contribution in [0.25, 0.3) is 0 Å². The summed E-state index contributed by atoms with van der Waals surface area (Å²) in [6.45, 7) is 3.25. The molecular formula is C23H25F6N3O6. The molecule has 3 heterocycles. The van der Waals surface area contributed by atoms with E-state index < -0.39 is 24.3 Å². The number of morpholine rings is 1. The molecule has 0 bridgehead atoms. The molecule has 2 aromatic heterocycles. The minimum absolute atomic E-state index is 0.171. The molecule has 0 radical (unpaired) electrons. The van der Waals surface area contributed by atoms with Gasteiger partial charge >= 0.3 is 24.3 Å². The van der Waals surface area contributed by atoms with Gasteiger partial charge in [0.1, 0.15) is 0 Å². The van der Waals surface area contributed by atoms with Crippen LogP contribution in [0.2, 0.25) is 0 Å². The Morgan fingerprint density at radius 1 is 0.974 bits per heavy atom. The van der Waals surface area contributed by atoms with E-state index in [2.05, 4.69) is 27.0 Å². The van der Waals surface area contributed by atoms with E-state index in [0.717, 1.165) is 43.8 Å². The molecule has 1 saturated heterocycles. The number of fused-ring (bicyclic) bond motifs is 1. The van der Waals surface area contributed by atoms with Gasteiger partial charge in [-0.1, -0.05) is 6.07 Å². The van der Waals surface area contributed by atoms with Crippen LogP contribution in [-0.2, 0) is 32.2 Å². The van der Waals surface area contributed by atoms with Gasteiger partial charge in [-0.05, 0) is 42.7 Å². The first kappa shape index (κ1) is 30.9. The maximum absolute atomic E-state index is 10.6. The van der Waals surface area contributed by atoms with Gasteiger partial charge in [0.15, 0.2) is 0 Å². The lowest BCUT2D eigenvalue weighted by Gasteiger charge is -2.38. The third-order valence-corrected chi connectivity index (χ3v) is 5.44. The predicted molar refractivity (Wildman–Crippen MR) is 118 cm³/mol. The van der Waals surface area contributed by atoms with Crippen molar-refractivity contribution < 1.29 is 55.6 Å². The first-order valence-electron chi connectivity index (χ1n) is 11.1. The molecule has 2 N–H and O–H groups in total. The predicted octanol–water partition coefficient (Wildman–Crippen LogP) is 3.69. The van der Waals surface area contributed by atoms with E-state index in [1.54, 1.807) is 0 Å². The summed E-state index contributed by atoms with van der Waals surface area (Å²) in [7, 11) is 0. The van der Waals surface area contributed by atoms with Crippen molar-refractivity contribution in [2.24, 2.45) is 0 Å². The molecule has 2 aliphatic rings. The maximum atomic E-state index is 10.6. The summed E-state index contributed by atoms with van der Waals surface area (Å²) in [5.41, 5.74) is 2.29. The third-order valence-electron chi connectivity index (χ3n) is 5.44. The molecule has 0 spiro atoms. The van der Waals surface area contributed by atoms with Gasteiger partial charge in [-0.3, -0.25) is 14.9 Å². The van der Waals surface area contributed by atoms with Crippen molar-refractivity contribution in [3.63, 3.8) is 0 Å². The summed E-state index contributed by atoms with van der Waals surface area (Å²) in [5.74, 6) is -5.51. The van der Waals surface area contributed by atoms with E-state index in [1.807, 2.05) is 36.8 Å². The Morgan fingerprint density at radius 3 is 2.11 bits per heavy atom. The Labute approximate surface area is 213 Å². The molecule has 15 heteroatoms. The molecule has 0 unspecified atom stereocenters. The van der Waals surface area contributed by atoms with Crippen molar-refractivity contribution in [2.45, 2.75) is 56.6 Å². The first-order chi connectivity index (χ1) is 17.8. The van der Waals surface area contributed by atoms with E-state index in [4.69, 9.17) is 29.3 Å². The third kappa shape index (κ3) is 10.2. The van der Waals surface area contributed by atoms with E-state index in [0.29, 0.717) is 12.6 Å². The fourth-order valence-electron chi connectivity index (χ4n) is 3.75. The van der Waals surface area contributed by atoms with Crippen LogP contribution >= 0.6 is 0 Å². The second-order valence-corrected chi connectivity index (χ2v) is 8.08. The Morgan fingerprint density at radius 2 is 1.58 bits per heavy atom. The summed E-state index contributed by atoms with van der Waals surface area (Å²) in [6, 6.07) is 10.5. The second kappa shape index (κ2) is 14.0. The highest BCUT2D eigenvalue weighted by Crippen LogP contribution is 2.33. The number of aliphatic carboxylic acids is 2. The van der Waals surface area contributed by atoms with Gasteiger partial charge in [-0.2, -0.15) is 26.3 Å². The monoisotopic (exact) mass is 553 g/mol. The van der Waals surface area contributed by atoms with Gasteiger partial charge in [0, 0.05) is 37.7 Å². The molecule has 1 aliphatic heterocycles. The van der Waals surface area contributed by atoms with Gasteiger partial charge in [0.2, 0.25) is 0 Å². The molecule has 2 fully saturated rings. The number of halogens is 6. The van der Waals surface area contributed by atoms with E-state index in [9.17, 15) is 26.3 Å². The number of nitrogens with zero attached hydrogens (tertiary/aromatic N) is 3. The molecule has 210 valence electrons. The number of hydrogen-bond acceptors (Lipinski definition) is 7.